The summed E-state index contributed by atoms with van der Waals surface area (Å²) < 4.78 is 12.9. The predicted molar refractivity (Wildman–Crippen MR) is 76.5 cm³/mol. The molecule has 2 rings (SSSR count). The van der Waals surface area contributed by atoms with E-state index >= 15 is 0 Å². The van der Waals surface area contributed by atoms with Gasteiger partial charge >= 0.3 is 0 Å². The van der Waals surface area contributed by atoms with Gasteiger partial charge in [-0.15, -0.1) is 11.8 Å². The number of rotatable bonds is 5. The lowest BCUT2D eigenvalue weighted by atomic mass is 10.2. The maximum absolute atomic E-state index is 12.9. The standard InChI is InChI=1S/C14H19FN2OS/c1-16(2)8-3-9-17-13(18)10-19-14(17)11-4-6-12(15)7-5-11/h4-7,14H,3,8-10H2,1-2H3. The normalized spacial score (nSPS) is 19.5. The fourth-order valence-corrected chi connectivity index (χ4v) is 3.38. The number of nitrogens with zero attached hydrogens (tertiary/aromatic N) is 2. The van der Waals surface area contributed by atoms with Crippen molar-refractivity contribution < 1.29 is 9.18 Å². The van der Waals surface area contributed by atoms with Crippen molar-refractivity contribution in [1.29, 1.82) is 0 Å². The van der Waals surface area contributed by atoms with Gasteiger partial charge in [0.15, 0.2) is 0 Å². The molecular weight excluding hydrogens is 263 g/mol. The first-order valence-electron chi connectivity index (χ1n) is 6.39. The van der Waals surface area contributed by atoms with E-state index in [1.54, 1.807) is 23.9 Å². The van der Waals surface area contributed by atoms with Crippen molar-refractivity contribution in [2.45, 2.75) is 11.8 Å². The van der Waals surface area contributed by atoms with E-state index in [4.69, 9.17) is 0 Å². The van der Waals surface area contributed by atoms with Crippen LogP contribution in [0.5, 0.6) is 0 Å². The van der Waals surface area contributed by atoms with Gasteiger partial charge in [0.25, 0.3) is 0 Å². The summed E-state index contributed by atoms with van der Waals surface area (Å²) in [6.07, 6.45) is 0.955. The van der Waals surface area contributed by atoms with Crippen LogP contribution in [0.25, 0.3) is 0 Å². The zero-order chi connectivity index (χ0) is 13.8. The van der Waals surface area contributed by atoms with Gasteiger partial charge in [-0.25, -0.2) is 4.39 Å². The topological polar surface area (TPSA) is 23.6 Å². The van der Waals surface area contributed by atoms with Crippen LogP contribution in [0.2, 0.25) is 0 Å². The van der Waals surface area contributed by atoms with Crippen molar-refractivity contribution in [3.63, 3.8) is 0 Å². The molecule has 1 saturated heterocycles. The van der Waals surface area contributed by atoms with Crippen molar-refractivity contribution in [1.82, 2.24) is 9.80 Å². The van der Waals surface area contributed by atoms with Crippen LogP contribution >= 0.6 is 11.8 Å². The number of carbonyl (C=O) groups excluding carboxylic acids is 1. The Balaban J connectivity index is 2.02. The average molecular weight is 282 g/mol. The molecule has 0 saturated carbocycles. The smallest absolute Gasteiger partial charge is 0.233 e. The fourth-order valence-electron chi connectivity index (χ4n) is 2.16. The highest BCUT2D eigenvalue weighted by Gasteiger charge is 2.32. The van der Waals surface area contributed by atoms with Gasteiger partial charge in [-0.05, 0) is 44.8 Å². The molecule has 1 fully saturated rings. The first-order chi connectivity index (χ1) is 9.08. The maximum atomic E-state index is 12.9. The van der Waals surface area contributed by atoms with Crippen LogP contribution in [-0.4, -0.2) is 48.6 Å². The largest absolute Gasteiger partial charge is 0.326 e. The van der Waals surface area contributed by atoms with Crippen LogP contribution in [0.1, 0.15) is 17.4 Å². The van der Waals surface area contributed by atoms with E-state index in [0.717, 1.165) is 25.1 Å². The van der Waals surface area contributed by atoms with Gasteiger partial charge < -0.3 is 9.80 Å². The molecular formula is C14H19FN2OS. The van der Waals surface area contributed by atoms with Gasteiger partial charge in [-0.3, -0.25) is 4.79 Å². The summed E-state index contributed by atoms with van der Waals surface area (Å²) in [7, 11) is 4.05. The zero-order valence-electron chi connectivity index (χ0n) is 11.3. The molecule has 19 heavy (non-hydrogen) atoms. The number of amides is 1. The Hall–Kier alpha value is -1.07. The molecule has 0 N–H and O–H groups in total. The summed E-state index contributed by atoms with van der Waals surface area (Å²) in [5, 5.41) is 0.0373. The minimum absolute atomic E-state index is 0.0373. The second kappa shape index (κ2) is 6.39. The van der Waals surface area contributed by atoms with E-state index < -0.39 is 0 Å². The number of thioether (sulfide) groups is 1. The third-order valence-corrected chi connectivity index (χ3v) is 4.38. The molecule has 1 atom stereocenters. The third-order valence-electron chi connectivity index (χ3n) is 3.13. The highest BCUT2D eigenvalue weighted by molar-refractivity contribution is 8.00. The molecule has 0 aromatic heterocycles. The molecule has 0 aliphatic carbocycles. The van der Waals surface area contributed by atoms with Gasteiger partial charge in [0, 0.05) is 6.54 Å². The molecule has 1 unspecified atom stereocenters. The summed E-state index contributed by atoms with van der Waals surface area (Å²) in [5.74, 6) is 0.458. The Kier molecular flexibility index (Phi) is 4.82. The molecule has 1 aromatic rings. The molecule has 1 aliphatic rings. The lowest BCUT2D eigenvalue weighted by Crippen LogP contribution is -2.31. The predicted octanol–water partition coefficient (Wildman–Crippen LogP) is 2.35. The molecule has 0 radical (unpaired) electrons. The van der Waals surface area contributed by atoms with Gasteiger partial charge in [-0.1, -0.05) is 12.1 Å². The molecule has 1 amide bonds. The van der Waals surface area contributed by atoms with Crippen LogP contribution in [0.4, 0.5) is 4.39 Å². The van der Waals surface area contributed by atoms with Crippen molar-refractivity contribution in [3.8, 4) is 0 Å². The van der Waals surface area contributed by atoms with Crippen LogP contribution in [0.3, 0.4) is 0 Å². The molecule has 104 valence electrons. The molecule has 5 heteroatoms. The van der Waals surface area contributed by atoms with Gasteiger partial charge in [0.2, 0.25) is 5.91 Å². The van der Waals surface area contributed by atoms with E-state index in [-0.39, 0.29) is 17.1 Å². The molecule has 3 nitrogen and oxygen atoms in total. The van der Waals surface area contributed by atoms with E-state index in [0.29, 0.717) is 5.75 Å². The van der Waals surface area contributed by atoms with Crippen molar-refractivity contribution in [2.24, 2.45) is 0 Å². The van der Waals surface area contributed by atoms with Crippen LogP contribution < -0.4 is 0 Å². The number of benzene rings is 1. The highest BCUT2D eigenvalue weighted by Crippen LogP contribution is 2.38. The molecule has 0 spiro atoms. The second-order valence-corrected chi connectivity index (χ2v) is 6.03. The Morgan fingerprint density at radius 1 is 1.37 bits per heavy atom. The van der Waals surface area contributed by atoms with Gasteiger partial charge in [0.1, 0.15) is 11.2 Å². The lowest BCUT2D eigenvalue weighted by molar-refractivity contribution is -0.128. The molecule has 0 bridgehead atoms. The first-order valence-corrected chi connectivity index (χ1v) is 7.44. The Labute approximate surface area is 117 Å². The Morgan fingerprint density at radius 2 is 2.05 bits per heavy atom. The van der Waals surface area contributed by atoms with E-state index in [1.165, 1.54) is 12.1 Å². The van der Waals surface area contributed by atoms with Crippen molar-refractivity contribution in [3.05, 3.63) is 35.6 Å². The van der Waals surface area contributed by atoms with E-state index in [9.17, 15) is 9.18 Å². The minimum Gasteiger partial charge on any atom is -0.326 e. The Bertz CT molecular complexity index is 436. The highest BCUT2D eigenvalue weighted by atomic mass is 32.2. The van der Waals surface area contributed by atoms with Crippen LogP contribution in [0.15, 0.2) is 24.3 Å². The van der Waals surface area contributed by atoms with E-state index in [1.807, 2.05) is 19.0 Å². The van der Waals surface area contributed by atoms with Gasteiger partial charge in [0.05, 0.1) is 5.75 Å². The van der Waals surface area contributed by atoms with Crippen LogP contribution in [0, 0.1) is 5.82 Å². The number of halogens is 1. The zero-order valence-corrected chi connectivity index (χ0v) is 12.1. The quantitative estimate of drug-likeness (QED) is 0.828. The third kappa shape index (κ3) is 3.70. The SMILES string of the molecule is CN(C)CCCN1C(=O)CSC1c1ccc(F)cc1. The number of hydrogen-bond donors (Lipinski definition) is 0. The summed E-state index contributed by atoms with van der Waals surface area (Å²) in [5.41, 5.74) is 1.00. The van der Waals surface area contributed by atoms with Crippen molar-refractivity contribution in [2.75, 3.05) is 32.9 Å². The average Bonchev–Trinajstić information content (AvgIpc) is 2.72. The Morgan fingerprint density at radius 3 is 2.68 bits per heavy atom. The summed E-state index contributed by atoms with van der Waals surface area (Å²) in [6, 6.07) is 6.45. The van der Waals surface area contributed by atoms with Crippen molar-refractivity contribution >= 4 is 17.7 Å². The van der Waals surface area contributed by atoms with Gasteiger partial charge in [-0.2, -0.15) is 0 Å². The van der Waals surface area contributed by atoms with Crippen LogP contribution in [-0.2, 0) is 4.79 Å². The summed E-state index contributed by atoms with van der Waals surface area (Å²) >= 11 is 1.62. The minimum atomic E-state index is -0.239. The summed E-state index contributed by atoms with van der Waals surface area (Å²) in [4.78, 5) is 15.9. The first kappa shape index (κ1) is 14.3. The van der Waals surface area contributed by atoms with E-state index in [2.05, 4.69) is 4.90 Å². The monoisotopic (exact) mass is 282 g/mol. The summed E-state index contributed by atoms with van der Waals surface area (Å²) in [6.45, 7) is 1.72. The second-order valence-electron chi connectivity index (χ2n) is 4.96. The number of carbonyl (C=O) groups is 1. The molecule has 1 heterocycles. The molecule has 1 aromatic carbocycles. The maximum Gasteiger partial charge on any atom is 0.233 e. The lowest BCUT2D eigenvalue weighted by Gasteiger charge is -2.24. The fraction of sp³-hybridized carbons (Fsp3) is 0.500. The molecule has 1 aliphatic heterocycles. The number of hydrogen-bond acceptors (Lipinski definition) is 3.